The summed E-state index contributed by atoms with van der Waals surface area (Å²) >= 11 is 0. The van der Waals surface area contributed by atoms with Crippen LogP contribution >= 0.6 is 24.0 Å². The molecule has 0 amide bonds. The van der Waals surface area contributed by atoms with E-state index in [1.807, 2.05) is 0 Å². The number of aliphatic imine (C=N–C) groups is 1. The zero-order valence-corrected chi connectivity index (χ0v) is 15.9. The van der Waals surface area contributed by atoms with Gasteiger partial charge in [0.05, 0.1) is 13.2 Å². The molecule has 5 heteroatoms. The van der Waals surface area contributed by atoms with Crippen LogP contribution in [0.3, 0.4) is 0 Å². The van der Waals surface area contributed by atoms with Crippen LogP contribution in [0.4, 0.5) is 5.69 Å². The standard InChI is InChI=1S/C17H27N3O.HI/c1-3-17(4-2,12-21)11-19-16(18)20-15-9-8-13-6-5-7-14(13)10-15;/h8-10,21H,3-7,11-12H2,1-2H3,(H3,18,19,20);1H. The van der Waals surface area contributed by atoms with Crippen LogP contribution in [-0.4, -0.2) is 24.2 Å². The Morgan fingerprint density at radius 1 is 1.27 bits per heavy atom. The van der Waals surface area contributed by atoms with Gasteiger partial charge in [0, 0.05) is 11.1 Å². The van der Waals surface area contributed by atoms with E-state index < -0.39 is 0 Å². The number of guanidine groups is 1. The number of benzene rings is 1. The SMILES string of the molecule is CCC(CC)(CO)CN=C(N)Nc1ccc2c(c1)CCC2.I. The molecule has 2 rings (SSSR count). The van der Waals surface area contributed by atoms with E-state index in [2.05, 4.69) is 42.4 Å². The third-order valence-electron chi connectivity index (χ3n) is 4.79. The molecule has 0 aliphatic heterocycles. The van der Waals surface area contributed by atoms with Gasteiger partial charge in [-0.25, -0.2) is 0 Å². The number of aryl methyl sites for hydroxylation is 2. The first-order valence-electron chi connectivity index (χ1n) is 7.92. The van der Waals surface area contributed by atoms with Crippen molar-refractivity contribution < 1.29 is 5.11 Å². The number of aliphatic hydroxyl groups excluding tert-OH is 1. The van der Waals surface area contributed by atoms with Crippen molar-refractivity contribution in [3.63, 3.8) is 0 Å². The van der Waals surface area contributed by atoms with Crippen molar-refractivity contribution in [1.29, 1.82) is 0 Å². The van der Waals surface area contributed by atoms with Gasteiger partial charge in [0.1, 0.15) is 0 Å². The van der Waals surface area contributed by atoms with Crippen LogP contribution in [0.15, 0.2) is 23.2 Å². The van der Waals surface area contributed by atoms with Crippen LogP contribution in [0, 0.1) is 5.41 Å². The van der Waals surface area contributed by atoms with Gasteiger partial charge < -0.3 is 16.2 Å². The average molecular weight is 417 g/mol. The van der Waals surface area contributed by atoms with E-state index >= 15 is 0 Å². The van der Waals surface area contributed by atoms with Gasteiger partial charge in [0.15, 0.2) is 5.96 Å². The molecule has 0 unspecified atom stereocenters. The molecule has 0 radical (unpaired) electrons. The number of halogens is 1. The summed E-state index contributed by atoms with van der Waals surface area (Å²) in [6.45, 7) is 4.87. The molecule has 0 atom stereocenters. The molecular formula is C17H28IN3O. The molecule has 0 saturated carbocycles. The lowest BCUT2D eigenvalue weighted by molar-refractivity contribution is 0.123. The Balaban J connectivity index is 0.00000242. The zero-order valence-electron chi connectivity index (χ0n) is 13.6. The van der Waals surface area contributed by atoms with E-state index in [0.29, 0.717) is 12.5 Å². The van der Waals surface area contributed by atoms with Crippen molar-refractivity contribution in [3.8, 4) is 0 Å². The maximum atomic E-state index is 9.55. The predicted molar refractivity (Wildman–Crippen MR) is 104 cm³/mol. The summed E-state index contributed by atoms with van der Waals surface area (Å²) in [7, 11) is 0. The first kappa shape index (κ1) is 19.2. The highest BCUT2D eigenvalue weighted by Crippen LogP contribution is 2.26. The highest BCUT2D eigenvalue weighted by molar-refractivity contribution is 14.0. The minimum absolute atomic E-state index is 0. The summed E-state index contributed by atoms with van der Waals surface area (Å²) in [5.74, 6) is 0.424. The fourth-order valence-electron chi connectivity index (χ4n) is 2.84. The Morgan fingerprint density at radius 3 is 2.59 bits per heavy atom. The van der Waals surface area contributed by atoms with Crippen molar-refractivity contribution in [1.82, 2.24) is 0 Å². The molecule has 0 aromatic heterocycles. The Morgan fingerprint density at radius 2 is 1.95 bits per heavy atom. The summed E-state index contributed by atoms with van der Waals surface area (Å²) in [4.78, 5) is 4.42. The fourth-order valence-corrected chi connectivity index (χ4v) is 2.84. The summed E-state index contributed by atoms with van der Waals surface area (Å²) in [5, 5.41) is 12.7. The van der Waals surface area contributed by atoms with Crippen molar-refractivity contribution in [2.45, 2.75) is 46.0 Å². The van der Waals surface area contributed by atoms with Crippen molar-refractivity contribution >= 4 is 35.6 Å². The molecule has 0 heterocycles. The van der Waals surface area contributed by atoms with Crippen LogP contribution in [0.2, 0.25) is 0 Å². The topological polar surface area (TPSA) is 70.6 Å². The minimum Gasteiger partial charge on any atom is -0.396 e. The highest BCUT2D eigenvalue weighted by Gasteiger charge is 2.24. The van der Waals surface area contributed by atoms with E-state index in [0.717, 1.165) is 24.9 Å². The van der Waals surface area contributed by atoms with E-state index in [4.69, 9.17) is 5.73 Å². The summed E-state index contributed by atoms with van der Waals surface area (Å²) in [6, 6.07) is 6.41. The first-order valence-corrected chi connectivity index (χ1v) is 7.92. The van der Waals surface area contributed by atoms with Crippen LogP contribution < -0.4 is 11.1 Å². The molecule has 124 valence electrons. The molecule has 4 nitrogen and oxygen atoms in total. The number of hydrogen-bond donors (Lipinski definition) is 3. The van der Waals surface area contributed by atoms with E-state index in [-0.39, 0.29) is 36.0 Å². The number of rotatable bonds is 6. The molecule has 22 heavy (non-hydrogen) atoms. The molecule has 0 saturated heterocycles. The Hall–Kier alpha value is -0.820. The van der Waals surface area contributed by atoms with E-state index in [9.17, 15) is 5.11 Å². The number of nitrogens with one attached hydrogen (secondary N) is 1. The van der Waals surface area contributed by atoms with Gasteiger partial charge in [-0.05, 0) is 55.4 Å². The number of nitrogens with zero attached hydrogens (tertiary/aromatic N) is 1. The lowest BCUT2D eigenvalue weighted by atomic mass is 9.83. The maximum Gasteiger partial charge on any atom is 0.193 e. The number of hydrogen-bond acceptors (Lipinski definition) is 2. The number of aliphatic hydroxyl groups is 1. The van der Waals surface area contributed by atoms with Crippen molar-refractivity contribution in [2.75, 3.05) is 18.5 Å². The second-order valence-corrected chi connectivity index (χ2v) is 6.03. The van der Waals surface area contributed by atoms with Gasteiger partial charge in [0.25, 0.3) is 0 Å². The van der Waals surface area contributed by atoms with Gasteiger partial charge in [-0.2, -0.15) is 0 Å². The summed E-state index contributed by atoms with van der Waals surface area (Å²) in [6.07, 6.45) is 5.38. The van der Waals surface area contributed by atoms with Crippen LogP contribution in [0.1, 0.15) is 44.2 Å². The molecule has 1 aromatic rings. The van der Waals surface area contributed by atoms with E-state index in [1.165, 1.54) is 24.0 Å². The molecule has 0 spiro atoms. The second kappa shape index (κ2) is 8.72. The lowest BCUT2D eigenvalue weighted by Gasteiger charge is -2.27. The number of fused-ring (bicyclic) bond motifs is 1. The fraction of sp³-hybridized carbons (Fsp3) is 0.588. The Kier molecular flexibility index (Phi) is 7.62. The number of nitrogens with two attached hydrogens (primary N) is 1. The second-order valence-electron chi connectivity index (χ2n) is 6.03. The quantitative estimate of drug-likeness (QED) is 0.378. The van der Waals surface area contributed by atoms with Crippen molar-refractivity contribution in [2.24, 2.45) is 16.1 Å². The van der Waals surface area contributed by atoms with Gasteiger partial charge >= 0.3 is 0 Å². The third kappa shape index (κ3) is 4.59. The molecule has 1 aliphatic carbocycles. The Labute approximate surface area is 150 Å². The van der Waals surface area contributed by atoms with Gasteiger partial charge in [-0.1, -0.05) is 19.9 Å². The molecule has 4 N–H and O–H groups in total. The smallest absolute Gasteiger partial charge is 0.193 e. The molecule has 0 fully saturated rings. The Bertz CT molecular complexity index is 504. The van der Waals surface area contributed by atoms with Crippen LogP contribution in [-0.2, 0) is 12.8 Å². The molecule has 1 aromatic carbocycles. The van der Waals surface area contributed by atoms with Gasteiger partial charge in [0.2, 0.25) is 0 Å². The molecular weight excluding hydrogens is 389 g/mol. The third-order valence-corrected chi connectivity index (χ3v) is 4.79. The normalized spacial score (nSPS) is 14.4. The summed E-state index contributed by atoms with van der Waals surface area (Å²) < 4.78 is 0. The number of anilines is 1. The van der Waals surface area contributed by atoms with Crippen LogP contribution in [0.5, 0.6) is 0 Å². The molecule has 1 aliphatic rings. The molecule has 0 bridgehead atoms. The monoisotopic (exact) mass is 417 g/mol. The highest BCUT2D eigenvalue weighted by atomic mass is 127. The maximum absolute atomic E-state index is 9.55. The first-order chi connectivity index (χ1) is 10.1. The van der Waals surface area contributed by atoms with Gasteiger partial charge in [-0.15, -0.1) is 24.0 Å². The average Bonchev–Trinajstić information content (AvgIpc) is 2.97. The van der Waals surface area contributed by atoms with Gasteiger partial charge in [-0.3, -0.25) is 4.99 Å². The lowest BCUT2D eigenvalue weighted by Crippen LogP contribution is -2.30. The van der Waals surface area contributed by atoms with Crippen LogP contribution in [0.25, 0.3) is 0 Å². The van der Waals surface area contributed by atoms with Crippen molar-refractivity contribution in [3.05, 3.63) is 29.3 Å². The predicted octanol–water partition coefficient (Wildman–Crippen LogP) is 3.32. The summed E-state index contributed by atoms with van der Waals surface area (Å²) in [5.41, 5.74) is 9.70. The zero-order chi connectivity index (χ0) is 15.3. The minimum atomic E-state index is -0.149. The largest absolute Gasteiger partial charge is 0.396 e. The van der Waals surface area contributed by atoms with E-state index in [1.54, 1.807) is 0 Å².